The molecule has 5 nitrogen and oxygen atoms in total. The van der Waals surface area contributed by atoms with Gasteiger partial charge in [-0.25, -0.2) is 0 Å². The summed E-state index contributed by atoms with van der Waals surface area (Å²) in [5, 5.41) is 11.2. The zero-order valence-corrected chi connectivity index (χ0v) is 13.5. The topological polar surface area (TPSA) is 59.8 Å². The Morgan fingerprint density at radius 1 is 1.45 bits per heavy atom. The molecule has 0 aromatic carbocycles. The van der Waals surface area contributed by atoms with Gasteiger partial charge >= 0.3 is 0 Å². The monoisotopic (exact) mass is 316 g/mol. The van der Waals surface area contributed by atoms with Crippen molar-refractivity contribution in [3.8, 4) is 0 Å². The van der Waals surface area contributed by atoms with Crippen LogP contribution in [0.2, 0.25) is 0 Å². The Morgan fingerprint density at radius 3 is 3.05 bits per heavy atom. The van der Waals surface area contributed by atoms with Crippen LogP contribution >= 0.6 is 11.3 Å². The van der Waals surface area contributed by atoms with Crippen molar-refractivity contribution in [2.45, 2.75) is 44.6 Å². The normalized spacial score (nSPS) is 23.5. The Labute approximate surface area is 133 Å². The molecule has 116 valence electrons. The molecule has 0 saturated heterocycles. The lowest BCUT2D eigenvalue weighted by molar-refractivity contribution is -0.122. The maximum atomic E-state index is 12.2. The van der Waals surface area contributed by atoms with Crippen LogP contribution in [0.1, 0.15) is 46.8 Å². The largest absolute Gasteiger partial charge is 0.355 e. The van der Waals surface area contributed by atoms with Gasteiger partial charge in [0.15, 0.2) is 0 Å². The Bertz CT molecular complexity index is 688. The van der Waals surface area contributed by atoms with Crippen LogP contribution < -0.4 is 5.32 Å². The second-order valence-electron chi connectivity index (χ2n) is 6.32. The first-order valence-corrected chi connectivity index (χ1v) is 8.76. The van der Waals surface area contributed by atoms with E-state index in [2.05, 4.69) is 39.1 Å². The molecule has 1 amide bonds. The second-order valence-corrected chi connectivity index (χ2v) is 7.64. The van der Waals surface area contributed by atoms with Gasteiger partial charge in [0.25, 0.3) is 0 Å². The zero-order valence-electron chi connectivity index (χ0n) is 12.7. The molecule has 2 aromatic rings. The van der Waals surface area contributed by atoms with E-state index in [0.29, 0.717) is 18.5 Å². The third kappa shape index (κ3) is 2.79. The molecular weight excluding hydrogens is 296 g/mol. The molecule has 4 rings (SSSR count). The summed E-state index contributed by atoms with van der Waals surface area (Å²) in [6.07, 6.45) is 6.01. The van der Waals surface area contributed by atoms with Crippen molar-refractivity contribution in [2.75, 3.05) is 6.54 Å². The fraction of sp³-hybridized carbons (Fsp3) is 0.562. The number of thiophene rings is 1. The molecule has 2 saturated carbocycles. The minimum absolute atomic E-state index is 0.166. The van der Waals surface area contributed by atoms with Crippen LogP contribution in [0.4, 0.5) is 0 Å². The lowest BCUT2D eigenvalue weighted by Gasteiger charge is -2.06. The van der Waals surface area contributed by atoms with Gasteiger partial charge in [-0.15, -0.1) is 21.5 Å². The molecule has 2 atom stereocenters. The van der Waals surface area contributed by atoms with Crippen molar-refractivity contribution >= 4 is 17.2 Å². The van der Waals surface area contributed by atoms with Crippen LogP contribution in [0.25, 0.3) is 0 Å². The van der Waals surface area contributed by atoms with Gasteiger partial charge in [-0.2, -0.15) is 0 Å². The SMILES string of the molecule is Cc1ccc([C@@H]2C[C@@H]2C(=O)NCCc2nncn2C2CC2)s1. The third-order valence-electron chi connectivity index (χ3n) is 4.49. The molecule has 2 aromatic heterocycles. The number of aromatic nitrogens is 3. The highest BCUT2D eigenvalue weighted by Gasteiger charge is 2.44. The molecule has 0 spiro atoms. The van der Waals surface area contributed by atoms with Gasteiger partial charge in [-0.3, -0.25) is 4.79 Å². The van der Waals surface area contributed by atoms with E-state index in [1.165, 1.54) is 22.6 Å². The van der Waals surface area contributed by atoms with Crippen molar-refractivity contribution in [3.63, 3.8) is 0 Å². The minimum Gasteiger partial charge on any atom is -0.355 e. The number of hydrogen-bond donors (Lipinski definition) is 1. The number of hydrogen-bond acceptors (Lipinski definition) is 4. The molecule has 0 radical (unpaired) electrons. The van der Waals surface area contributed by atoms with E-state index in [0.717, 1.165) is 18.7 Å². The van der Waals surface area contributed by atoms with Crippen molar-refractivity contribution in [3.05, 3.63) is 34.0 Å². The lowest BCUT2D eigenvalue weighted by Crippen LogP contribution is -2.28. The second kappa shape index (κ2) is 5.50. The molecule has 2 heterocycles. The molecule has 2 fully saturated rings. The van der Waals surface area contributed by atoms with E-state index in [-0.39, 0.29) is 11.8 Å². The number of nitrogens with one attached hydrogen (secondary N) is 1. The summed E-state index contributed by atoms with van der Waals surface area (Å²) < 4.78 is 2.15. The maximum absolute atomic E-state index is 12.2. The predicted molar refractivity (Wildman–Crippen MR) is 84.9 cm³/mol. The van der Waals surface area contributed by atoms with Crippen molar-refractivity contribution < 1.29 is 4.79 Å². The number of amides is 1. The van der Waals surface area contributed by atoms with E-state index < -0.39 is 0 Å². The van der Waals surface area contributed by atoms with Crippen LogP contribution in [0.5, 0.6) is 0 Å². The van der Waals surface area contributed by atoms with Crippen molar-refractivity contribution in [2.24, 2.45) is 5.92 Å². The molecule has 22 heavy (non-hydrogen) atoms. The Hall–Kier alpha value is -1.69. The molecule has 6 heteroatoms. The summed E-state index contributed by atoms with van der Waals surface area (Å²) in [4.78, 5) is 14.9. The minimum atomic E-state index is 0.166. The quantitative estimate of drug-likeness (QED) is 0.890. The predicted octanol–water partition coefficient (Wildman–Crippen LogP) is 2.45. The smallest absolute Gasteiger partial charge is 0.223 e. The van der Waals surface area contributed by atoms with Gasteiger partial charge in [-0.05, 0) is 38.3 Å². The molecule has 0 aliphatic heterocycles. The summed E-state index contributed by atoms with van der Waals surface area (Å²) in [5.74, 6) is 1.78. The van der Waals surface area contributed by atoms with Crippen molar-refractivity contribution in [1.29, 1.82) is 0 Å². The summed E-state index contributed by atoms with van der Waals surface area (Å²) in [6.45, 7) is 2.76. The average molecular weight is 316 g/mol. The number of nitrogens with zero attached hydrogens (tertiary/aromatic N) is 3. The zero-order chi connectivity index (χ0) is 15.1. The van der Waals surface area contributed by atoms with E-state index in [1.807, 2.05) is 17.7 Å². The highest BCUT2D eigenvalue weighted by atomic mass is 32.1. The summed E-state index contributed by atoms with van der Waals surface area (Å²) in [5.41, 5.74) is 0. The Morgan fingerprint density at radius 2 is 2.32 bits per heavy atom. The highest BCUT2D eigenvalue weighted by molar-refractivity contribution is 7.12. The van der Waals surface area contributed by atoms with E-state index in [9.17, 15) is 4.79 Å². The number of aryl methyl sites for hydroxylation is 1. The maximum Gasteiger partial charge on any atom is 0.223 e. The van der Waals surface area contributed by atoms with E-state index >= 15 is 0 Å². The Kier molecular flexibility index (Phi) is 3.48. The highest BCUT2D eigenvalue weighted by Crippen LogP contribution is 2.49. The van der Waals surface area contributed by atoms with E-state index in [4.69, 9.17) is 0 Å². The van der Waals surface area contributed by atoms with Gasteiger partial charge in [0.05, 0.1) is 0 Å². The third-order valence-corrected chi connectivity index (χ3v) is 5.62. The summed E-state index contributed by atoms with van der Waals surface area (Å²) >= 11 is 1.81. The molecular formula is C16H20N4OS. The standard InChI is InChI=1S/C16H20N4OS/c1-10-2-5-14(22-10)12-8-13(12)16(21)17-7-6-15-19-18-9-20(15)11-3-4-11/h2,5,9,11-13H,3-4,6-8H2,1H3,(H,17,21)/t12-,13+/m1/s1. The van der Waals surface area contributed by atoms with Gasteiger partial charge in [0, 0.05) is 40.6 Å². The van der Waals surface area contributed by atoms with Crippen LogP contribution in [0.3, 0.4) is 0 Å². The van der Waals surface area contributed by atoms with Crippen LogP contribution in [0, 0.1) is 12.8 Å². The van der Waals surface area contributed by atoms with Crippen LogP contribution in [-0.2, 0) is 11.2 Å². The summed E-state index contributed by atoms with van der Waals surface area (Å²) in [6, 6.07) is 4.89. The lowest BCUT2D eigenvalue weighted by atomic mass is 10.2. The Balaban J connectivity index is 1.26. The number of rotatable bonds is 6. The van der Waals surface area contributed by atoms with Gasteiger partial charge < -0.3 is 9.88 Å². The average Bonchev–Trinajstić information content (AvgIpc) is 3.42. The first kappa shape index (κ1) is 13.9. The van der Waals surface area contributed by atoms with Gasteiger partial charge in [0.2, 0.25) is 5.91 Å². The van der Waals surface area contributed by atoms with E-state index in [1.54, 1.807) is 0 Å². The fourth-order valence-corrected chi connectivity index (χ4v) is 4.04. The fourth-order valence-electron chi connectivity index (χ4n) is 2.98. The van der Waals surface area contributed by atoms with Crippen LogP contribution in [-0.4, -0.2) is 27.2 Å². The first-order chi connectivity index (χ1) is 10.7. The number of carbonyl (C=O) groups is 1. The van der Waals surface area contributed by atoms with Gasteiger partial charge in [-0.1, -0.05) is 0 Å². The number of carbonyl (C=O) groups excluding carboxylic acids is 1. The molecule has 0 unspecified atom stereocenters. The molecule has 1 N–H and O–H groups in total. The van der Waals surface area contributed by atoms with Crippen LogP contribution in [0.15, 0.2) is 18.5 Å². The van der Waals surface area contributed by atoms with Gasteiger partial charge in [0.1, 0.15) is 12.2 Å². The first-order valence-electron chi connectivity index (χ1n) is 7.95. The molecule has 2 aliphatic rings. The molecule has 2 aliphatic carbocycles. The summed E-state index contributed by atoms with van der Waals surface area (Å²) in [7, 11) is 0. The molecule has 0 bridgehead atoms. The van der Waals surface area contributed by atoms with Crippen molar-refractivity contribution in [1.82, 2.24) is 20.1 Å².